The van der Waals surface area contributed by atoms with E-state index in [-0.39, 0.29) is 0 Å². The molecule has 0 radical (unpaired) electrons. The van der Waals surface area contributed by atoms with E-state index in [0.29, 0.717) is 34.3 Å². The first-order valence-corrected chi connectivity index (χ1v) is 23.4. The molecule has 0 saturated carbocycles. The molecule has 0 atom stereocenters. The largest absolute Gasteiger partial charge is 0.472 e. The molecular formula is C65H42N4O. The molecule has 0 aliphatic carbocycles. The van der Waals surface area contributed by atoms with Gasteiger partial charge in [-0.2, -0.15) is 5.26 Å². The van der Waals surface area contributed by atoms with E-state index in [1.807, 2.05) is 91.0 Å². The molecule has 0 N–H and O–H groups in total. The highest BCUT2D eigenvalue weighted by Gasteiger charge is 2.45. The third-order valence-corrected chi connectivity index (χ3v) is 13.1. The fourth-order valence-electron chi connectivity index (χ4n) is 9.78. The molecule has 5 heteroatoms. The van der Waals surface area contributed by atoms with E-state index < -0.39 is 5.60 Å². The molecule has 5 nitrogen and oxygen atoms in total. The van der Waals surface area contributed by atoms with E-state index in [0.717, 1.165) is 83.5 Å². The average molecular weight is 895 g/mol. The van der Waals surface area contributed by atoms with Crippen LogP contribution in [-0.4, -0.2) is 15.0 Å². The SMILES string of the molecule is N#Cc1ccc2c(c1)C(c1ccccc1)(c1ccccc1)Oc1c(-c3nc(-c4cc(-c5ccccc5)cc(-c5ccccc5)c4)nc(-c4cc(-c5ccccc5)cc(-c5ccccc5)c4)n3)cccc1-2. The van der Waals surface area contributed by atoms with Gasteiger partial charge in [-0.1, -0.05) is 200 Å². The average Bonchev–Trinajstić information content (AvgIpc) is 3.45. The number of hydrogen-bond donors (Lipinski definition) is 0. The number of aromatic nitrogens is 3. The van der Waals surface area contributed by atoms with Gasteiger partial charge in [0, 0.05) is 33.4 Å². The third-order valence-electron chi connectivity index (χ3n) is 13.1. The van der Waals surface area contributed by atoms with Crippen molar-refractivity contribution in [3.05, 3.63) is 277 Å². The van der Waals surface area contributed by atoms with E-state index in [2.05, 4.69) is 170 Å². The van der Waals surface area contributed by atoms with E-state index >= 15 is 0 Å². The Morgan fingerprint density at radius 2 is 0.686 bits per heavy atom. The number of ether oxygens (including phenoxy) is 1. The van der Waals surface area contributed by atoms with Gasteiger partial charge in [0.05, 0.1) is 17.2 Å². The van der Waals surface area contributed by atoms with Gasteiger partial charge in [-0.15, -0.1) is 0 Å². The molecule has 0 amide bonds. The number of nitrogens with zero attached hydrogens (tertiary/aromatic N) is 4. The summed E-state index contributed by atoms with van der Waals surface area (Å²) in [5.41, 5.74) is 14.9. The monoisotopic (exact) mass is 894 g/mol. The molecule has 11 aromatic rings. The Hall–Kier alpha value is -9.50. The normalized spacial score (nSPS) is 12.2. The highest BCUT2D eigenvalue weighted by molar-refractivity contribution is 5.88. The van der Waals surface area contributed by atoms with E-state index in [4.69, 9.17) is 19.7 Å². The summed E-state index contributed by atoms with van der Waals surface area (Å²) in [6.45, 7) is 0. The Morgan fingerprint density at radius 1 is 0.314 bits per heavy atom. The summed E-state index contributed by atoms with van der Waals surface area (Å²) in [6, 6.07) is 89.9. The lowest BCUT2D eigenvalue weighted by Crippen LogP contribution is -2.39. The van der Waals surface area contributed by atoms with Crippen LogP contribution in [0.2, 0.25) is 0 Å². The first-order chi connectivity index (χ1) is 34.6. The molecule has 0 spiro atoms. The van der Waals surface area contributed by atoms with Crippen LogP contribution in [0.15, 0.2) is 255 Å². The molecule has 1 aliphatic heterocycles. The van der Waals surface area contributed by atoms with Gasteiger partial charge < -0.3 is 4.74 Å². The van der Waals surface area contributed by atoms with Gasteiger partial charge in [0.1, 0.15) is 5.75 Å². The van der Waals surface area contributed by atoms with Crippen LogP contribution in [-0.2, 0) is 5.60 Å². The molecule has 0 bridgehead atoms. The minimum Gasteiger partial charge on any atom is -0.472 e. The second-order valence-corrected chi connectivity index (χ2v) is 17.4. The molecule has 70 heavy (non-hydrogen) atoms. The van der Waals surface area contributed by atoms with Crippen LogP contribution < -0.4 is 4.74 Å². The van der Waals surface area contributed by atoms with Gasteiger partial charge in [0.2, 0.25) is 0 Å². The molecule has 328 valence electrons. The molecule has 12 rings (SSSR count). The second-order valence-electron chi connectivity index (χ2n) is 17.4. The standard InChI is InChI=1S/C65H42N4O/c66-43-44-34-35-57-58-32-19-33-59(61(58)70-65(60(57)36-44,55-28-15-5-16-29-55)56-30-17-6-18-31-56)64-68-62(53-39-49(45-20-7-1-8-21-45)37-50(40-53)46-22-9-2-10-23-46)67-63(69-64)54-41-51(47-24-11-3-12-25-47)38-52(42-54)48-26-13-4-14-27-48/h1-42H. The zero-order chi connectivity index (χ0) is 46.9. The summed E-state index contributed by atoms with van der Waals surface area (Å²) in [4.78, 5) is 16.4. The smallest absolute Gasteiger partial charge is 0.185 e. The van der Waals surface area contributed by atoms with Gasteiger partial charge in [-0.25, -0.2) is 15.0 Å². The van der Waals surface area contributed by atoms with Crippen molar-refractivity contribution < 1.29 is 4.74 Å². The maximum absolute atomic E-state index is 10.3. The van der Waals surface area contributed by atoms with Crippen molar-refractivity contribution >= 4 is 0 Å². The Kier molecular flexibility index (Phi) is 10.7. The first-order valence-electron chi connectivity index (χ1n) is 23.4. The summed E-state index contributed by atoms with van der Waals surface area (Å²) in [6.07, 6.45) is 0. The lowest BCUT2D eigenvalue weighted by molar-refractivity contribution is 0.153. The molecule has 1 aromatic heterocycles. The Labute approximate surface area is 407 Å². The van der Waals surface area contributed by atoms with Gasteiger partial charge in [-0.05, 0) is 105 Å². The number of para-hydroxylation sites is 1. The number of nitriles is 1. The zero-order valence-electron chi connectivity index (χ0n) is 37.9. The molecular weight excluding hydrogens is 853 g/mol. The number of benzene rings is 10. The topological polar surface area (TPSA) is 71.7 Å². The Balaban J connectivity index is 1.14. The molecule has 0 saturated heterocycles. The lowest BCUT2D eigenvalue weighted by Gasteiger charge is -2.42. The molecule has 2 heterocycles. The van der Waals surface area contributed by atoms with Crippen molar-refractivity contribution in [2.24, 2.45) is 0 Å². The number of hydrogen-bond acceptors (Lipinski definition) is 5. The van der Waals surface area contributed by atoms with Crippen LogP contribution in [0.25, 0.3) is 89.8 Å². The van der Waals surface area contributed by atoms with Crippen LogP contribution in [0.5, 0.6) is 5.75 Å². The predicted molar refractivity (Wildman–Crippen MR) is 281 cm³/mol. The minimum atomic E-state index is -1.14. The maximum Gasteiger partial charge on any atom is 0.185 e. The highest BCUT2D eigenvalue weighted by atomic mass is 16.5. The van der Waals surface area contributed by atoms with Crippen LogP contribution in [0.4, 0.5) is 0 Å². The highest BCUT2D eigenvalue weighted by Crippen LogP contribution is 2.54. The second kappa shape index (κ2) is 18.0. The Bertz CT molecular complexity index is 3430. The minimum absolute atomic E-state index is 0.460. The summed E-state index contributed by atoms with van der Waals surface area (Å²) in [7, 11) is 0. The van der Waals surface area contributed by atoms with E-state index in [9.17, 15) is 5.26 Å². The van der Waals surface area contributed by atoms with Crippen LogP contribution in [0, 0.1) is 11.3 Å². The summed E-state index contributed by atoms with van der Waals surface area (Å²) >= 11 is 0. The third kappa shape index (κ3) is 7.70. The fourth-order valence-corrected chi connectivity index (χ4v) is 9.78. The molecule has 1 aliphatic rings. The summed E-state index contributed by atoms with van der Waals surface area (Å²) < 4.78 is 7.69. The summed E-state index contributed by atoms with van der Waals surface area (Å²) in [5, 5.41) is 10.3. The fraction of sp³-hybridized carbons (Fsp3) is 0.0154. The zero-order valence-corrected chi connectivity index (χ0v) is 37.9. The van der Waals surface area contributed by atoms with Gasteiger partial charge >= 0.3 is 0 Å². The first kappa shape index (κ1) is 41.9. The van der Waals surface area contributed by atoms with Crippen LogP contribution in [0.1, 0.15) is 22.3 Å². The van der Waals surface area contributed by atoms with Crippen molar-refractivity contribution in [2.75, 3.05) is 0 Å². The van der Waals surface area contributed by atoms with Gasteiger partial charge in [-0.3, -0.25) is 0 Å². The van der Waals surface area contributed by atoms with Gasteiger partial charge in [0.25, 0.3) is 0 Å². The lowest BCUT2D eigenvalue weighted by atomic mass is 9.74. The summed E-state index contributed by atoms with van der Waals surface area (Å²) in [5.74, 6) is 2.13. The van der Waals surface area contributed by atoms with Crippen LogP contribution >= 0.6 is 0 Å². The van der Waals surface area contributed by atoms with Crippen molar-refractivity contribution in [1.29, 1.82) is 5.26 Å². The van der Waals surface area contributed by atoms with Gasteiger partial charge in [0.15, 0.2) is 23.1 Å². The quantitative estimate of drug-likeness (QED) is 0.144. The van der Waals surface area contributed by atoms with Crippen molar-refractivity contribution in [3.63, 3.8) is 0 Å². The molecule has 10 aromatic carbocycles. The van der Waals surface area contributed by atoms with E-state index in [1.165, 1.54) is 0 Å². The predicted octanol–water partition coefficient (Wildman–Crippen LogP) is 15.8. The van der Waals surface area contributed by atoms with Crippen molar-refractivity contribution in [1.82, 2.24) is 15.0 Å². The Morgan fingerprint density at radius 3 is 1.10 bits per heavy atom. The number of fused-ring (bicyclic) bond motifs is 3. The van der Waals surface area contributed by atoms with Crippen molar-refractivity contribution in [2.45, 2.75) is 5.60 Å². The maximum atomic E-state index is 10.3. The molecule has 0 fully saturated rings. The van der Waals surface area contributed by atoms with Crippen LogP contribution in [0.3, 0.4) is 0 Å². The number of rotatable bonds is 9. The molecule has 0 unspecified atom stereocenters. The van der Waals surface area contributed by atoms with E-state index in [1.54, 1.807) is 0 Å². The van der Waals surface area contributed by atoms with Crippen molar-refractivity contribution in [3.8, 4) is 102 Å².